The van der Waals surface area contributed by atoms with E-state index in [1.54, 1.807) is 39.0 Å². The van der Waals surface area contributed by atoms with Crippen LogP contribution in [-0.4, -0.2) is 30.6 Å². The molecule has 0 unspecified atom stereocenters. The van der Waals surface area contributed by atoms with Crippen LogP contribution in [0.4, 0.5) is 15.8 Å². The van der Waals surface area contributed by atoms with Crippen LogP contribution in [0.3, 0.4) is 0 Å². The van der Waals surface area contributed by atoms with E-state index in [-0.39, 0.29) is 23.0 Å². The summed E-state index contributed by atoms with van der Waals surface area (Å²) >= 11 is 6.14. The largest absolute Gasteiger partial charge is 0.456 e. The van der Waals surface area contributed by atoms with E-state index in [1.807, 2.05) is 11.0 Å². The summed E-state index contributed by atoms with van der Waals surface area (Å²) in [6.07, 6.45) is 1.15. The summed E-state index contributed by atoms with van der Waals surface area (Å²) in [6, 6.07) is 10.8. The Morgan fingerprint density at radius 2 is 1.88 bits per heavy atom. The zero-order chi connectivity index (χ0) is 23.5. The first kappa shape index (κ1) is 23.6. The summed E-state index contributed by atoms with van der Waals surface area (Å²) in [5.74, 6) is -1.37. The molecule has 1 amide bonds. The maximum absolute atomic E-state index is 13.4. The molecular weight excluding hydrogens is 433 g/mol. The Morgan fingerprint density at radius 1 is 1.19 bits per heavy atom. The molecule has 0 atom stereocenters. The monoisotopic (exact) mass is 457 g/mol. The van der Waals surface area contributed by atoms with Gasteiger partial charge >= 0.3 is 5.97 Å². The normalized spacial score (nSPS) is 14.6. The van der Waals surface area contributed by atoms with Crippen LogP contribution in [0.1, 0.15) is 49.5 Å². The standard InChI is InChI=1S/C24H25ClFN3O3/c1-24(2,3)32-23(31)16-10-18(25)13-20(12-16)28-22(30)15-6-8-29(9-7-15)21-5-4-19(26)11-17(21)14-27/h4-5,10-13,15H,6-9H2,1-3H3,(H,28,30). The molecule has 1 aliphatic heterocycles. The molecule has 1 saturated heterocycles. The van der Waals surface area contributed by atoms with Gasteiger partial charge in [0, 0.05) is 29.7 Å². The topological polar surface area (TPSA) is 82.4 Å². The lowest BCUT2D eigenvalue weighted by atomic mass is 9.95. The van der Waals surface area contributed by atoms with Crippen LogP contribution in [0.5, 0.6) is 0 Å². The summed E-state index contributed by atoms with van der Waals surface area (Å²) in [5.41, 5.74) is 0.993. The molecule has 0 radical (unpaired) electrons. The molecule has 0 spiro atoms. The number of piperidine rings is 1. The maximum Gasteiger partial charge on any atom is 0.338 e. The first-order chi connectivity index (χ1) is 15.1. The number of anilines is 2. The molecule has 6 nitrogen and oxygen atoms in total. The van der Waals surface area contributed by atoms with Crippen molar-refractivity contribution in [3.63, 3.8) is 0 Å². The van der Waals surface area contributed by atoms with E-state index in [0.717, 1.165) is 0 Å². The van der Waals surface area contributed by atoms with Crippen LogP contribution in [0, 0.1) is 23.1 Å². The molecular formula is C24H25ClFN3O3. The Labute approximate surface area is 191 Å². The third-order valence-electron chi connectivity index (χ3n) is 5.09. The van der Waals surface area contributed by atoms with Crippen molar-refractivity contribution in [3.05, 3.63) is 58.4 Å². The number of carbonyl (C=O) groups excluding carboxylic acids is 2. The number of nitrogens with zero attached hydrogens (tertiary/aromatic N) is 2. The fourth-order valence-corrected chi connectivity index (χ4v) is 3.85. The second-order valence-electron chi connectivity index (χ2n) is 8.75. The van der Waals surface area contributed by atoms with Crippen LogP contribution < -0.4 is 10.2 Å². The Balaban J connectivity index is 1.64. The fourth-order valence-electron chi connectivity index (χ4n) is 3.62. The van der Waals surface area contributed by atoms with Gasteiger partial charge in [-0.05, 0) is 70.0 Å². The first-order valence-corrected chi connectivity index (χ1v) is 10.7. The second-order valence-corrected chi connectivity index (χ2v) is 9.19. The lowest BCUT2D eigenvalue weighted by Gasteiger charge is -2.33. The molecule has 3 rings (SSSR count). The predicted octanol–water partition coefficient (Wildman–Crippen LogP) is 5.16. The van der Waals surface area contributed by atoms with Gasteiger partial charge in [0.2, 0.25) is 5.91 Å². The number of hydrogen-bond acceptors (Lipinski definition) is 5. The number of amides is 1. The number of rotatable bonds is 4. The van der Waals surface area contributed by atoms with Crippen molar-refractivity contribution in [2.24, 2.45) is 5.92 Å². The molecule has 0 bridgehead atoms. The summed E-state index contributed by atoms with van der Waals surface area (Å²) in [4.78, 5) is 27.1. The number of nitriles is 1. The molecule has 32 heavy (non-hydrogen) atoms. The van der Waals surface area contributed by atoms with Crippen molar-refractivity contribution in [2.45, 2.75) is 39.2 Å². The van der Waals surface area contributed by atoms with Crippen molar-refractivity contribution < 1.29 is 18.7 Å². The van der Waals surface area contributed by atoms with Crippen molar-refractivity contribution in [3.8, 4) is 6.07 Å². The summed E-state index contributed by atoms with van der Waals surface area (Å²) < 4.78 is 18.8. The van der Waals surface area contributed by atoms with E-state index in [4.69, 9.17) is 16.3 Å². The van der Waals surface area contributed by atoms with Gasteiger partial charge in [0.15, 0.2) is 0 Å². The highest BCUT2D eigenvalue weighted by atomic mass is 35.5. The Hall–Kier alpha value is -3.11. The average Bonchev–Trinajstić information content (AvgIpc) is 2.72. The van der Waals surface area contributed by atoms with Crippen LogP contribution in [0.15, 0.2) is 36.4 Å². The van der Waals surface area contributed by atoms with Gasteiger partial charge in [0.1, 0.15) is 17.5 Å². The molecule has 0 saturated carbocycles. The van der Waals surface area contributed by atoms with E-state index in [9.17, 15) is 19.2 Å². The highest BCUT2D eigenvalue weighted by Gasteiger charge is 2.27. The number of hydrogen-bond donors (Lipinski definition) is 1. The van der Waals surface area contributed by atoms with Crippen LogP contribution >= 0.6 is 11.6 Å². The van der Waals surface area contributed by atoms with Crippen LogP contribution in [0.25, 0.3) is 0 Å². The van der Waals surface area contributed by atoms with Gasteiger partial charge in [-0.1, -0.05) is 11.6 Å². The zero-order valence-electron chi connectivity index (χ0n) is 18.2. The zero-order valence-corrected chi connectivity index (χ0v) is 19.0. The molecule has 0 aliphatic carbocycles. The van der Waals surface area contributed by atoms with Gasteiger partial charge in [-0.3, -0.25) is 4.79 Å². The molecule has 2 aromatic carbocycles. The summed E-state index contributed by atoms with van der Waals surface area (Å²) in [7, 11) is 0. The Bertz CT molecular complexity index is 1070. The predicted molar refractivity (Wildman–Crippen MR) is 121 cm³/mol. The van der Waals surface area contributed by atoms with Crippen LogP contribution in [-0.2, 0) is 9.53 Å². The number of carbonyl (C=O) groups is 2. The minimum atomic E-state index is -0.646. The van der Waals surface area contributed by atoms with E-state index >= 15 is 0 Å². The SMILES string of the molecule is CC(C)(C)OC(=O)c1cc(Cl)cc(NC(=O)C2CCN(c3ccc(F)cc3C#N)CC2)c1. The number of halogens is 2. The lowest BCUT2D eigenvalue weighted by molar-refractivity contribution is -0.120. The van der Waals surface area contributed by atoms with Crippen molar-refractivity contribution in [2.75, 3.05) is 23.3 Å². The molecule has 1 heterocycles. The van der Waals surface area contributed by atoms with Gasteiger partial charge in [0.05, 0.1) is 16.8 Å². The van der Waals surface area contributed by atoms with Crippen LogP contribution in [0.2, 0.25) is 5.02 Å². The van der Waals surface area contributed by atoms with Gasteiger partial charge in [-0.25, -0.2) is 9.18 Å². The van der Waals surface area contributed by atoms with Gasteiger partial charge in [-0.2, -0.15) is 5.26 Å². The van der Waals surface area contributed by atoms with Gasteiger partial charge in [-0.15, -0.1) is 0 Å². The van der Waals surface area contributed by atoms with E-state index in [0.29, 0.717) is 42.3 Å². The van der Waals surface area contributed by atoms with Crippen molar-refractivity contribution in [1.29, 1.82) is 5.26 Å². The Morgan fingerprint density at radius 3 is 2.50 bits per heavy atom. The maximum atomic E-state index is 13.4. The number of ether oxygens (including phenoxy) is 1. The van der Waals surface area contributed by atoms with Crippen molar-refractivity contribution >= 4 is 34.9 Å². The first-order valence-electron chi connectivity index (χ1n) is 10.3. The lowest BCUT2D eigenvalue weighted by Crippen LogP contribution is -2.38. The number of benzene rings is 2. The fraction of sp³-hybridized carbons (Fsp3) is 0.375. The summed E-state index contributed by atoms with van der Waals surface area (Å²) in [5, 5.41) is 12.4. The van der Waals surface area contributed by atoms with Crippen molar-refractivity contribution in [1.82, 2.24) is 0 Å². The molecule has 1 aliphatic rings. The van der Waals surface area contributed by atoms with E-state index in [2.05, 4.69) is 5.32 Å². The van der Waals surface area contributed by atoms with E-state index in [1.165, 1.54) is 18.2 Å². The number of esters is 1. The molecule has 0 aromatic heterocycles. The summed E-state index contributed by atoms with van der Waals surface area (Å²) in [6.45, 7) is 6.45. The minimum absolute atomic E-state index is 0.165. The molecule has 1 fully saturated rings. The second kappa shape index (κ2) is 9.58. The van der Waals surface area contributed by atoms with Gasteiger partial charge in [0.25, 0.3) is 0 Å². The highest BCUT2D eigenvalue weighted by molar-refractivity contribution is 6.31. The molecule has 8 heteroatoms. The molecule has 1 N–H and O–H groups in total. The average molecular weight is 458 g/mol. The third-order valence-corrected chi connectivity index (χ3v) is 5.30. The highest BCUT2D eigenvalue weighted by Crippen LogP contribution is 2.28. The molecule has 168 valence electrons. The smallest absolute Gasteiger partial charge is 0.338 e. The molecule has 2 aromatic rings. The number of nitrogens with one attached hydrogen (secondary N) is 1. The quantitative estimate of drug-likeness (QED) is 0.641. The minimum Gasteiger partial charge on any atom is -0.456 e. The van der Waals surface area contributed by atoms with Gasteiger partial charge < -0.3 is 15.0 Å². The third kappa shape index (κ3) is 5.98. The Kier molecular flexibility index (Phi) is 7.05. The van der Waals surface area contributed by atoms with E-state index < -0.39 is 17.4 Å².